The minimum atomic E-state index is -1.04. The molecule has 1 saturated heterocycles. The highest BCUT2D eigenvalue weighted by Gasteiger charge is 2.47. The Bertz CT molecular complexity index is 344. The molecule has 0 aromatic heterocycles. The molecule has 1 aliphatic rings. The van der Waals surface area contributed by atoms with Gasteiger partial charge in [0, 0.05) is 19.5 Å². The van der Waals surface area contributed by atoms with Gasteiger partial charge in [-0.25, -0.2) is 4.79 Å². The van der Waals surface area contributed by atoms with Crippen LogP contribution in [0.3, 0.4) is 0 Å². The molecule has 0 aromatic rings. The molecular formula is C14H26N2O3. The monoisotopic (exact) mass is 270 g/mol. The van der Waals surface area contributed by atoms with Crippen molar-refractivity contribution in [1.82, 2.24) is 9.80 Å². The van der Waals surface area contributed by atoms with Gasteiger partial charge in [-0.3, -0.25) is 4.79 Å². The van der Waals surface area contributed by atoms with Gasteiger partial charge in [-0.05, 0) is 46.2 Å². The number of hydrogen-bond acceptors (Lipinski definition) is 3. The summed E-state index contributed by atoms with van der Waals surface area (Å²) in [7, 11) is 0. The zero-order chi connectivity index (χ0) is 14.6. The number of carboxylic acids is 1. The average molecular weight is 270 g/mol. The lowest BCUT2D eigenvalue weighted by atomic mass is 9.87. The molecular weight excluding hydrogens is 244 g/mol. The molecule has 1 unspecified atom stereocenters. The van der Waals surface area contributed by atoms with E-state index in [0.29, 0.717) is 12.8 Å². The Hall–Kier alpha value is -1.10. The molecule has 0 aromatic carbocycles. The smallest absolute Gasteiger partial charge is 0.329 e. The Morgan fingerprint density at radius 3 is 2.37 bits per heavy atom. The Kier molecular flexibility index (Phi) is 5.35. The number of amides is 1. The van der Waals surface area contributed by atoms with Crippen molar-refractivity contribution < 1.29 is 14.7 Å². The van der Waals surface area contributed by atoms with Gasteiger partial charge in [0.15, 0.2) is 0 Å². The third kappa shape index (κ3) is 3.26. The highest BCUT2D eigenvalue weighted by molar-refractivity contribution is 5.86. The van der Waals surface area contributed by atoms with E-state index in [9.17, 15) is 14.7 Å². The lowest BCUT2D eigenvalue weighted by Gasteiger charge is -2.42. The van der Waals surface area contributed by atoms with E-state index in [1.807, 2.05) is 13.8 Å². The molecule has 19 heavy (non-hydrogen) atoms. The van der Waals surface area contributed by atoms with Gasteiger partial charge >= 0.3 is 5.97 Å². The third-order valence-electron chi connectivity index (χ3n) is 4.07. The van der Waals surface area contributed by atoms with Gasteiger partial charge in [-0.1, -0.05) is 6.92 Å². The fraction of sp³-hybridized carbons (Fsp3) is 0.857. The van der Waals surface area contributed by atoms with E-state index in [-0.39, 0.29) is 11.9 Å². The first-order chi connectivity index (χ1) is 8.85. The molecule has 0 radical (unpaired) electrons. The number of carboxylic acid groups (broad SMARTS) is 1. The van der Waals surface area contributed by atoms with Gasteiger partial charge in [0.1, 0.15) is 5.54 Å². The summed E-state index contributed by atoms with van der Waals surface area (Å²) in [5, 5.41) is 9.73. The molecule has 1 atom stereocenters. The molecule has 5 heteroatoms. The minimum absolute atomic E-state index is 0.0956. The predicted octanol–water partition coefficient (Wildman–Crippen LogP) is 1.57. The summed E-state index contributed by atoms with van der Waals surface area (Å²) in [6.45, 7) is 9.89. The average Bonchev–Trinajstić information content (AvgIpc) is 2.51. The van der Waals surface area contributed by atoms with Crippen molar-refractivity contribution in [2.24, 2.45) is 0 Å². The maximum absolute atomic E-state index is 11.9. The zero-order valence-corrected chi connectivity index (χ0v) is 12.5. The van der Waals surface area contributed by atoms with Gasteiger partial charge in [-0.15, -0.1) is 0 Å². The molecule has 0 spiro atoms. The number of nitrogens with zero attached hydrogens (tertiary/aromatic N) is 2. The first-order valence-corrected chi connectivity index (χ1v) is 7.10. The molecule has 0 aliphatic carbocycles. The highest BCUT2D eigenvalue weighted by Crippen LogP contribution is 2.31. The van der Waals surface area contributed by atoms with Crippen molar-refractivity contribution in [2.75, 3.05) is 19.6 Å². The first-order valence-electron chi connectivity index (χ1n) is 7.10. The Morgan fingerprint density at radius 1 is 1.32 bits per heavy atom. The van der Waals surface area contributed by atoms with Gasteiger partial charge in [0.25, 0.3) is 0 Å². The fourth-order valence-electron chi connectivity index (χ4n) is 3.21. The second-order valence-electron chi connectivity index (χ2n) is 5.61. The zero-order valence-electron chi connectivity index (χ0n) is 12.5. The number of carbonyl (C=O) groups is 2. The second-order valence-corrected chi connectivity index (χ2v) is 5.61. The maximum Gasteiger partial charge on any atom is 0.329 e. The largest absolute Gasteiger partial charge is 0.479 e. The van der Waals surface area contributed by atoms with Crippen LogP contribution in [0.5, 0.6) is 0 Å². The number of rotatable bonds is 4. The number of carbonyl (C=O) groups excluding carboxylic acids is 1. The van der Waals surface area contributed by atoms with Crippen LogP contribution in [-0.2, 0) is 9.59 Å². The van der Waals surface area contributed by atoms with E-state index in [1.165, 1.54) is 6.92 Å². The van der Waals surface area contributed by atoms with E-state index in [1.54, 1.807) is 4.90 Å². The normalized spacial score (nSPS) is 25.1. The Balaban J connectivity index is 3.09. The summed E-state index contributed by atoms with van der Waals surface area (Å²) in [5.74, 6) is -1.02. The third-order valence-corrected chi connectivity index (χ3v) is 4.07. The number of hydrogen-bond donors (Lipinski definition) is 1. The molecule has 1 heterocycles. The van der Waals surface area contributed by atoms with Crippen LogP contribution < -0.4 is 0 Å². The number of likely N-dealkylation sites (tertiary alicyclic amines) is 1. The summed E-state index contributed by atoms with van der Waals surface area (Å²) in [5.41, 5.74) is -1.04. The van der Waals surface area contributed by atoms with Crippen LogP contribution in [0.25, 0.3) is 0 Å². The van der Waals surface area contributed by atoms with Crippen LogP contribution in [0.2, 0.25) is 0 Å². The summed E-state index contributed by atoms with van der Waals surface area (Å²) < 4.78 is 0. The van der Waals surface area contributed by atoms with Gasteiger partial charge < -0.3 is 14.9 Å². The first kappa shape index (κ1) is 16.0. The highest BCUT2D eigenvalue weighted by atomic mass is 16.4. The van der Waals surface area contributed by atoms with Crippen LogP contribution >= 0.6 is 0 Å². The lowest BCUT2D eigenvalue weighted by molar-refractivity contribution is -0.162. The van der Waals surface area contributed by atoms with Crippen LogP contribution in [0.4, 0.5) is 0 Å². The summed E-state index contributed by atoms with van der Waals surface area (Å²) in [4.78, 5) is 27.6. The van der Waals surface area contributed by atoms with Gasteiger partial charge in [0.05, 0.1) is 0 Å². The maximum atomic E-state index is 11.9. The van der Waals surface area contributed by atoms with Gasteiger partial charge in [0.2, 0.25) is 5.91 Å². The fourth-order valence-corrected chi connectivity index (χ4v) is 3.21. The Morgan fingerprint density at radius 2 is 1.95 bits per heavy atom. The van der Waals surface area contributed by atoms with Gasteiger partial charge in [-0.2, -0.15) is 0 Å². The van der Waals surface area contributed by atoms with Crippen molar-refractivity contribution >= 4 is 11.9 Å². The molecule has 1 N–H and O–H groups in total. The van der Waals surface area contributed by atoms with Crippen LogP contribution in [0, 0.1) is 0 Å². The van der Waals surface area contributed by atoms with Crippen molar-refractivity contribution in [2.45, 2.75) is 58.5 Å². The predicted molar refractivity (Wildman–Crippen MR) is 74.0 cm³/mol. The van der Waals surface area contributed by atoms with E-state index in [4.69, 9.17) is 0 Å². The molecule has 1 rings (SSSR count). The summed E-state index contributed by atoms with van der Waals surface area (Å²) in [6.07, 6.45) is 1.86. The quantitative estimate of drug-likeness (QED) is 0.842. The molecule has 0 bridgehead atoms. The van der Waals surface area contributed by atoms with Crippen LogP contribution in [0.1, 0.15) is 47.0 Å². The Labute approximate surface area is 115 Å². The molecule has 1 aliphatic heterocycles. The second kappa shape index (κ2) is 6.37. The van der Waals surface area contributed by atoms with E-state index < -0.39 is 11.5 Å². The molecule has 5 nitrogen and oxygen atoms in total. The van der Waals surface area contributed by atoms with E-state index >= 15 is 0 Å². The minimum Gasteiger partial charge on any atom is -0.479 e. The van der Waals surface area contributed by atoms with Crippen molar-refractivity contribution in [3.63, 3.8) is 0 Å². The molecule has 0 saturated carbocycles. The number of aliphatic carboxylic acids is 1. The standard InChI is InChI=1S/C14H26N2O3/c1-5-15-9-6-7-14(8-10-15,13(18)19)16(11(2)3)12(4)17/h11H,5-10H2,1-4H3,(H,18,19). The van der Waals surface area contributed by atoms with Crippen molar-refractivity contribution in [3.05, 3.63) is 0 Å². The topological polar surface area (TPSA) is 60.9 Å². The molecule has 110 valence electrons. The van der Waals surface area contributed by atoms with E-state index in [2.05, 4.69) is 11.8 Å². The van der Waals surface area contributed by atoms with Crippen LogP contribution in [0.15, 0.2) is 0 Å². The lowest BCUT2D eigenvalue weighted by Crippen LogP contribution is -2.59. The molecule has 1 amide bonds. The van der Waals surface area contributed by atoms with E-state index in [0.717, 1.165) is 26.1 Å². The SMILES string of the molecule is CCN1CCCC(C(=O)O)(N(C(C)=O)C(C)C)CC1. The summed E-state index contributed by atoms with van der Waals surface area (Å²) in [6, 6.07) is -0.0956. The van der Waals surface area contributed by atoms with Crippen molar-refractivity contribution in [1.29, 1.82) is 0 Å². The molecule has 1 fully saturated rings. The van der Waals surface area contributed by atoms with Crippen molar-refractivity contribution in [3.8, 4) is 0 Å². The van der Waals surface area contributed by atoms with Crippen LogP contribution in [-0.4, -0.2) is 58.0 Å². The summed E-state index contributed by atoms with van der Waals surface area (Å²) >= 11 is 0.